The number of carbonyl (C=O) groups excluding carboxylic acids is 4. The first kappa shape index (κ1) is 31.6. The van der Waals surface area contributed by atoms with Crippen molar-refractivity contribution in [2.75, 3.05) is 12.4 Å². The SMILES string of the molecule is COC(=O)c1ccc(-c2ccc(NC(=O)OCc3ccccc3)c(=O)n2CC(=O)NC(C(=O)C(F)(F)F)C(C)C)cc1. The number of alkyl halides is 3. The number of aromatic nitrogens is 1. The second kappa shape index (κ2) is 13.6. The third-order valence-electron chi connectivity index (χ3n) is 6.07. The zero-order chi connectivity index (χ0) is 31.0. The van der Waals surface area contributed by atoms with Crippen LogP contribution in [0.15, 0.2) is 71.5 Å². The highest BCUT2D eigenvalue weighted by Crippen LogP contribution is 2.23. The van der Waals surface area contributed by atoms with Crippen molar-refractivity contribution < 1.29 is 41.8 Å². The monoisotopic (exact) mass is 587 g/mol. The molecular weight excluding hydrogens is 559 g/mol. The number of nitrogens with zero attached hydrogens (tertiary/aromatic N) is 1. The molecule has 2 N–H and O–H groups in total. The van der Waals surface area contributed by atoms with Gasteiger partial charge in [0.15, 0.2) is 0 Å². The minimum Gasteiger partial charge on any atom is -0.465 e. The van der Waals surface area contributed by atoms with Crippen LogP contribution in [0.25, 0.3) is 11.3 Å². The van der Waals surface area contributed by atoms with Crippen molar-refractivity contribution in [2.24, 2.45) is 5.92 Å². The van der Waals surface area contributed by atoms with Crippen LogP contribution in [0, 0.1) is 5.92 Å². The van der Waals surface area contributed by atoms with Crippen molar-refractivity contribution in [1.29, 1.82) is 0 Å². The van der Waals surface area contributed by atoms with Gasteiger partial charge in [-0.15, -0.1) is 0 Å². The molecule has 42 heavy (non-hydrogen) atoms. The maximum absolute atomic E-state index is 13.4. The number of hydrogen-bond donors (Lipinski definition) is 2. The number of halogens is 3. The van der Waals surface area contributed by atoms with Crippen molar-refractivity contribution in [3.05, 3.63) is 88.2 Å². The highest BCUT2D eigenvalue weighted by Gasteiger charge is 2.45. The van der Waals surface area contributed by atoms with Gasteiger partial charge in [-0.05, 0) is 41.3 Å². The molecule has 0 saturated carbocycles. The summed E-state index contributed by atoms with van der Waals surface area (Å²) in [6, 6.07) is 15.3. The number of anilines is 1. The van der Waals surface area contributed by atoms with E-state index >= 15 is 0 Å². The smallest absolute Gasteiger partial charge is 0.452 e. The molecule has 1 heterocycles. The molecule has 0 bridgehead atoms. The molecule has 3 aromatic rings. The van der Waals surface area contributed by atoms with Gasteiger partial charge in [-0.3, -0.25) is 24.3 Å². The lowest BCUT2D eigenvalue weighted by Crippen LogP contribution is -2.50. The van der Waals surface area contributed by atoms with Gasteiger partial charge in [0.05, 0.1) is 24.4 Å². The number of Topliss-reactive ketones (excluding diaryl/α,β-unsaturated/α-hetero) is 1. The predicted octanol–water partition coefficient (Wildman–Crippen LogP) is 4.32. The highest BCUT2D eigenvalue weighted by atomic mass is 19.4. The summed E-state index contributed by atoms with van der Waals surface area (Å²) in [6.45, 7) is 1.79. The Labute approximate surface area is 238 Å². The maximum Gasteiger partial charge on any atom is 0.452 e. The largest absolute Gasteiger partial charge is 0.465 e. The van der Waals surface area contributed by atoms with Crippen molar-refractivity contribution in [3.8, 4) is 11.3 Å². The number of nitrogens with one attached hydrogen (secondary N) is 2. The molecule has 0 radical (unpaired) electrons. The molecule has 3 rings (SSSR count). The molecule has 0 saturated heterocycles. The van der Waals surface area contributed by atoms with Gasteiger partial charge in [0.2, 0.25) is 5.91 Å². The van der Waals surface area contributed by atoms with E-state index in [9.17, 15) is 37.1 Å². The average Bonchev–Trinajstić information content (AvgIpc) is 2.96. The van der Waals surface area contributed by atoms with Gasteiger partial charge in [0.25, 0.3) is 11.3 Å². The van der Waals surface area contributed by atoms with Crippen molar-refractivity contribution in [3.63, 3.8) is 0 Å². The minimum atomic E-state index is -5.18. The molecule has 13 heteroatoms. The van der Waals surface area contributed by atoms with Crippen molar-refractivity contribution in [2.45, 2.75) is 39.2 Å². The van der Waals surface area contributed by atoms with Crippen LogP contribution in [-0.2, 0) is 32.2 Å². The topological polar surface area (TPSA) is 133 Å². The number of rotatable bonds is 10. The number of ketones is 1. The fourth-order valence-electron chi connectivity index (χ4n) is 3.92. The normalized spacial score (nSPS) is 11.9. The van der Waals surface area contributed by atoms with E-state index in [1.54, 1.807) is 30.3 Å². The van der Waals surface area contributed by atoms with Crippen LogP contribution in [0.2, 0.25) is 0 Å². The number of benzene rings is 2. The average molecular weight is 588 g/mol. The lowest BCUT2D eigenvalue weighted by molar-refractivity contribution is -0.174. The van der Waals surface area contributed by atoms with Crippen molar-refractivity contribution in [1.82, 2.24) is 9.88 Å². The molecule has 2 aromatic carbocycles. The lowest BCUT2D eigenvalue weighted by Gasteiger charge is -2.23. The third-order valence-corrected chi connectivity index (χ3v) is 6.07. The summed E-state index contributed by atoms with van der Waals surface area (Å²) in [5, 5.41) is 4.38. The molecule has 0 spiro atoms. The Hall–Kier alpha value is -4.94. The molecular formula is C29H28F3N3O7. The summed E-state index contributed by atoms with van der Waals surface area (Å²) < 4.78 is 50.1. The zero-order valence-electron chi connectivity index (χ0n) is 22.9. The summed E-state index contributed by atoms with van der Waals surface area (Å²) in [7, 11) is 1.21. The van der Waals surface area contributed by atoms with Gasteiger partial charge < -0.3 is 14.8 Å². The molecule has 0 aliphatic rings. The van der Waals surface area contributed by atoms with Crippen molar-refractivity contribution >= 4 is 29.4 Å². The van der Waals surface area contributed by atoms with Crippen LogP contribution in [0.5, 0.6) is 0 Å². The van der Waals surface area contributed by atoms with E-state index in [-0.39, 0.29) is 23.6 Å². The molecule has 1 atom stereocenters. The van der Waals surface area contributed by atoms with Crippen LogP contribution < -0.4 is 16.2 Å². The van der Waals surface area contributed by atoms with E-state index < -0.39 is 54.0 Å². The number of methoxy groups -OCH3 is 1. The first-order valence-corrected chi connectivity index (χ1v) is 12.6. The van der Waals surface area contributed by atoms with Gasteiger partial charge in [0.1, 0.15) is 18.8 Å². The second-order valence-corrected chi connectivity index (χ2v) is 9.43. The van der Waals surface area contributed by atoms with Gasteiger partial charge in [-0.1, -0.05) is 56.3 Å². The Balaban J connectivity index is 1.94. The van der Waals surface area contributed by atoms with E-state index in [4.69, 9.17) is 4.74 Å². The Morgan fingerprint density at radius 3 is 2.14 bits per heavy atom. The standard InChI is InChI=1S/C29H28F3N3O7/c1-17(2)24(25(37)29(30,31)32)34-23(36)15-35-22(19-9-11-20(12-10-19)27(39)41-3)14-13-21(26(35)38)33-28(40)42-16-18-7-5-4-6-8-18/h4-14,17,24H,15-16H2,1-3H3,(H,33,40)(H,34,36). The summed E-state index contributed by atoms with van der Waals surface area (Å²) in [4.78, 5) is 62.4. The number of amides is 2. The minimum absolute atomic E-state index is 0.0856. The first-order chi connectivity index (χ1) is 19.8. The van der Waals surface area contributed by atoms with Gasteiger partial charge >= 0.3 is 18.2 Å². The lowest BCUT2D eigenvalue weighted by atomic mass is 9.99. The first-order valence-electron chi connectivity index (χ1n) is 12.6. The third kappa shape index (κ3) is 8.05. The quantitative estimate of drug-likeness (QED) is 0.338. The number of ether oxygens (including phenoxy) is 2. The van der Waals surface area contributed by atoms with E-state index in [0.717, 1.165) is 4.57 Å². The van der Waals surface area contributed by atoms with E-state index in [2.05, 4.69) is 15.4 Å². The predicted molar refractivity (Wildman–Crippen MR) is 146 cm³/mol. The number of pyridine rings is 1. The van der Waals surface area contributed by atoms with Crippen LogP contribution in [0.3, 0.4) is 0 Å². The zero-order valence-corrected chi connectivity index (χ0v) is 22.9. The Morgan fingerprint density at radius 2 is 1.57 bits per heavy atom. The summed E-state index contributed by atoms with van der Waals surface area (Å²) in [6.07, 6.45) is -6.15. The number of esters is 1. The molecule has 2 amide bonds. The van der Waals surface area contributed by atoms with Crippen LogP contribution in [0.4, 0.5) is 23.7 Å². The number of hydrogen-bond acceptors (Lipinski definition) is 7. The molecule has 0 aliphatic carbocycles. The van der Waals surface area contributed by atoms with Gasteiger partial charge in [0, 0.05) is 0 Å². The fraction of sp³-hybridized carbons (Fsp3) is 0.276. The fourth-order valence-corrected chi connectivity index (χ4v) is 3.92. The Kier molecular flexibility index (Phi) is 10.2. The van der Waals surface area contributed by atoms with Gasteiger partial charge in [-0.2, -0.15) is 13.2 Å². The van der Waals surface area contributed by atoms with Crippen LogP contribution in [-0.4, -0.2) is 47.6 Å². The van der Waals surface area contributed by atoms with Crippen LogP contribution >= 0.6 is 0 Å². The molecule has 0 aliphatic heterocycles. The van der Waals surface area contributed by atoms with E-state index in [1.165, 1.54) is 57.4 Å². The van der Waals surface area contributed by atoms with Gasteiger partial charge in [-0.25, -0.2) is 9.59 Å². The highest BCUT2D eigenvalue weighted by molar-refractivity contribution is 5.93. The second-order valence-electron chi connectivity index (χ2n) is 9.43. The van der Waals surface area contributed by atoms with E-state index in [1.807, 2.05) is 0 Å². The summed E-state index contributed by atoms with van der Waals surface area (Å²) >= 11 is 0. The molecule has 10 nitrogen and oxygen atoms in total. The Morgan fingerprint density at radius 1 is 0.929 bits per heavy atom. The van der Waals surface area contributed by atoms with E-state index in [0.29, 0.717) is 11.1 Å². The summed E-state index contributed by atoms with van der Waals surface area (Å²) in [5.41, 5.74) is 0.246. The molecule has 0 fully saturated rings. The summed E-state index contributed by atoms with van der Waals surface area (Å²) in [5.74, 6) is -4.70. The molecule has 222 valence electrons. The molecule has 1 aromatic heterocycles. The number of carbonyl (C=O) groups is 4. The molecule has 1 unspecified atom stereocenters. The Bertz CT molecular complexity index is 1500. The maximum atomic E-state index is 13.4. The van der Waals surface area contributed by atoms with Crippen LogP contribution in [0.1, 0.15) is 29.8 Å².